The number of hydrogen-bond donors (Lipinski definition) is 1. The van der Waals surface area contributed by atoms with Gasteiger partial charge in [-0.05, 0) is 29.8 Å². The molecule has 3 rings (SSSR count). The zero-order valence-electron chi connectivity index (χ0n) is 11.3. The molecule has 0 saturated heterocycles. The van der Waals surface area contributed by atoms with Crippen LogP contribution in [0, 0.1) is 0 Å². The molecule has 0 fully saturated rings. The average Bonchev–Trinajstić information content (AvgIpc) is 2.97. The second-order valence-corrected chi connectivity index (χ2v) is 4.57. The molecule has 0 atom stereocenters. The van der Waals surface area contributed by atoms with E-state index in [9.17, 15) is 4.79 Å². The van der Waals surface area contributed by atoms with Crippen molar-refractivity contribution in [2.45, 2.75) is 6.42 Å². The van der Waals surface area contributed by atoms with Gasteiger partial charge in [-0.1, -0.05) is 24.3 Å². The molecule has 0 radical (unpaired) electrons. The zero-order valence-corrected chi connectivity index (χ0v) is 11.3. The lowest BCUT2D eigenvalue weighted by Crippen LogP contribution is -2.14. The van der Waals surface area contributed by atoms with Crippen molar-refractivity contribution in [1.82, 2.24) is 14.8 Å². The number of anilines is 1. The SMILES string of the molecule is O=C(Cc1cnn(-c2ccccc2)c1)Nc1ccccn1. The number of para-hydroxylation sites is 1. The van der Waals surface area contributed by atoms with Crippen LogP contribution in [0.5, 0.6) is 0 Å². The molecule has 5 heteroatoms. The monoisotopic (exact) mass is 278 g/mol. The van der Waals surface area contributed by atoms with E-state index in [4.69, 9.17) is 0 Å². The third-order valence-corrected chi connectivity index (χ3v) is 2.95. The Hall–Kier alpha value is -2.95. The summed E-state index contributed by atoms with van der Waals surface area (Å²) in [6.45, 7) is 0. The van der Waals surface area contributed by atoms with E-state index in [1.807, 2.05) is 42.6 Å². The molecule has 0 aliphatic carbocycles. The Morgan fingerprint density at radius 3 is 2.67 bits per heavy atom. The number of hydrogen-bond acceptors (Lipinski definition) is 3. The van der Waals surface area contributed by atoms with Crippen LogP contribution in [0.3, 0.4) is 0 Å². The van der Waals surface area contributed by atoms with Crippen molar-refractivity contribution in [3.8, 4) is 5.69 Å². The molecule has 1 amide bonds. The summed E-state index contributed by atoms with van der Waals surface area (Å²) in [5.74, 6) is 0.444. The molecule has 0 aliphatic rings. The molecule has 0 unspecified atom stereocenters. The predicted octanol–water partition coefficient (Wildman–Crippen LogP) is 2.45. The zero-order chi connectivity index (χ0) is 14.5. The number of carbonyl (C=O) groups excluding carboxylic acids is 1. The summed E-state index contributed by atoms with van der Waals surface area (Å²) in [5, 5.41) is 7.02. The third-order valence-electron chi connectivity index (χ3n) is 2.95. The van der Waals surface area contributed by atoms with Gasteiger partial charge in [-0.15, -0.1) is 0 Å². The Kier molecular flexibility index (Phi) is 3.73. The van der Waals surface area contributed by atoms with Crippen molar-refractivity contribution in [3.05, 3.63) is 72.7 Å². The van der Waals surface area contributed by atoms with Crippen LogP contribution in [-0.4, -0.2) is 20.7 Å². The highest BCUT2D eigenvalue weighted by molar-refractivity contribution is 5.91. The number of nitrogens with one attached hydrogen (secondary N) is 1. The molecular weight excluding hydrogens is 264 g/mol. The predicted molar refractivity (Wildman–Crippen MR) is 80.1 cm³/mol. The third kappa shape index (κ3) is 3.33. The normalized spacial score (nSPS) is 10.3. The first-order valence-electron chi connectivity index (χ1n) is 6.61. The molecule has 0 saturated carbocycles. The summed E-state index contributed by atoms with van der Waals surface area (Å²) < 4.78 is 1.75. The van der Waals surface area contributed by atoms with Crippen molar-refractivity contribution < 1.29 is 4.79 Å². The summed E-state index contributed by atoms with van der Waals surface area (Å²) in [7, 11) is 0. The largest absolute Gasteiger partial charge is 0.310 e. The number of amides is 1. The molecule has 0 spiro atoms. The van der Waals surface area contributed by atoms with E-state index < -0.39 is 0 Å². The number of nitrogens with zero attached hydrogens (tertiary/aromatic N) is 3. The van der Waals surface area contributed by atoms with Crippen LogP contribution in [0.2, 0.25) is 0 Å². The van der Waals surface area contributed by atoms with Gasteiger partial charge < -0.3 is 5.32 Å². The lowest BCUT2D eigenvalue weighted by molar-refractivity contribution is -0.115. The second kappa shape index (κ2) is 6.00. The molecule has 21 heavy (non-hydrogen) atoms. The molecule has 0 aliphatic heterocycles. The molecule has 1 N–H and O–H groups in total. The van der Waals surface area contributed by atoms with Crippen molar-refractivity contribution in [2.24, 2.45) is 0 Å². The quantitative estimate of drug-likeness (QED) is 0.797. The van der Waals surface area contributed by atoms with Gasteiger partial charge in [0.1, 0.15) is 5.82 Å². The first-order valence-corrected chi connectivity index (χ1v) is 6.61. The molecule has 3 aromatic rings. The van der Waals surface area contributed by atoms with Gasteiger partial charge in [-0.3, -0.25) is 4.79 Å². The standard InChI is InChI=1S/C16H14N4O/c21-16(19-15-8-4-5-9-17-15)10-13-11-18-20(12-13)14-6-2-1-3-7-14/h1-9,11-12H,10H2,(H,17,19,21). The molecule has 2 heterocycles. The Morgan fingerprint density at radius 1 is 1.10 bits per heavy atom. The van der Waals surface area contributed by atoms with E-state index in [1.54, 1.807) is 29.2 Å². The topological polar surface area (TPSA) is 59.8 Å². The summed E-state index contributed by atoms with van der Waals surface area (Å²) in [6, 6.07) is 15.2. The van der Waals surface area contributed by atoms with Gasteiger partial charge in [0, 0.05) is 12.4 Å². The van der Waals surface area contributed by atoms with Gasteiger partial charge in [-0.25, -0.2) is 9.67 Å². The lowest BCUT2D eigenvalue weighted by Gasteiger charge is -2.02. The Bertz CT molecular complexity index is 722. The van der Waals surface area contributed by atoms with Crippen LogP contribution < -0.4 is 5.32 Å². The van der Waals surface area contributed by atoms with Gasteiger partial charge in [-0.2, -0.15) is 5.10 Å². The van der Waals surface area contributed by atoms with Gasteiger partial charge in [0.05, 0.1) is 18.3 Å². The maximum Gasteiger partial charge on any atom is 0.230 e. The van der Waals surface area contributed by atoms with Crippen LogP contribution in [-0.2, 0) is 11.2 Å². The van der Waals surface area contributed by atoms with E-state index >= 15 is 0 Å². The highest BCUT2D eigenvalue weighted by atomic mass is 16.1. The van der Waals surface area contributed by atoms with Crippen molar-refractivity contribution in [2.75, 3.05) is 5.32 Å². The van der Waals surface area contributed by atoms with Crippen LogP contribution in [0.4, 0.5) is 5.82 Å². The lowest BCUT2D eigenvalue weighted by atomic mass is 10.2. The number of benzene rings is 1. The van der Waals surface area contributed by atoms with Crippen molar-refractivity contribution >= 4 is 11.7 Å². The Balaban J connectivity index is 1.66. The van der Waals surface area contributed by atoms with E-state index in [-0.39, 0.29) is 12.3 Å². The number of rotatable bonds is 4. The number of aromatic nitrogens is 3. The maximum absolute atomic E-state index is 11.9. The fraction of sp³-hybridized carbons (Fsp3) is 0.0625. The summed E-state index contributed by atoms with van der Waals surface area (Å²) >= 11 is 0. The highest BCUT2D eigenvalue weighted by Gasteiger charge is 2.07. The van der Waals surface area contributed by atoms with E-state index in [0.717, 1.165) is 11.3 Å². The maximum atomic E-state index is 11.9. The number of carbonyl (C=O) groups is 1. The summed E-state index contributed by atoms with van der Waals surface area (Å²) in [5.41, 5.74) is 1.82. The molecule has 5 nitrogen and oxygen atoms in total. The van der Waals surface area contributed by atoms with Crippen molar-refractivity contribution in [1.29, 1.82) is 0 Å². The average molecular weight is 278 g/mol. The van der Waals surface area contributed by atoms with Crippen LogP contribution in [0.15, 0.2) is 67.1 Å². The van der Waals surface area contributed by atoms with E-state index in [1.165, 1.54) is 0 Å². The molecule has 104 valence electrons. The van der Waals surface area contributed by atoms with Crippen LogP contribution in [0.1, 0.15) is 5.56 Å². The fourth-order valence-corrected chi connectivity index (χ4v) is 1.98. The summed E-state index contributed by atoms with van der Waals surface area (Å²) in [6.07, 6.45) is 5.46. The first-order chi connectivity index (χ1) is 10.3. The van der Waals surface area contributed by atoms with Gasteiger partial charge in [0.15, 0.2) is 0 Å². The fourth-order valence-electron chi connectivity index (χ4n) is 1.98. The van der Waals surface area contributed by atoms with Gasteiger partial charge >= 0.3 is 0 Å². The van der Waals surface area contributed by atoms with E-state index in [2.05, 4.69) is 15.4 Å². The van der Waals surface area contributed by atoms with Crippen LogP contribution >= 0.6 is 0 Å². The smallest absolute Gasteiger partial charge is 0.230 e. The highest BCUT2D eigenvalue weighted by Crippen LogP contribution is 2.09. The van der Waals surface area contributed by atoms with Crippen LogP contribution in [0.25, 0.3) is 5.69 Å². The minimum absolute atomic E-state index is 0.110. The molecule has 0 bridgehead atoms. The molecule has 1 aromatic carbocycles. The Morgan fingerprint density at radius 2 is 1.90 bits per heavy atom. The molecule has 2 aromatic heterocycles. The van der Waals surface area contributed by atoms with Gasteiger partial charge in [0.25, 0.3) is 0 Å². The Labute approximate surface area is 122 Å². The van der Waals surface area contributed by atoms with E-state index in [0.29, 0.717) is 5.82 Å². The number of pyridine rings is 1. The minimum Gasteiger partial charge on any atom is -0.310 e. The second-order valence-electron chi connectivity index (χ2n) is 4.57. The van der Waals surface area contributed by atoms with Gasteiger partial charge in [0.2, 0.25) is 5.91 Å². The minimum atomic E-state index is -0.110. The summed E-state index contributed by atoms with van der Waals surface area (Å²) in [4.78, 5) is 16.0. The first kappa shape index (κ1) is 13.1. The van der Waals surface area contributed by atoms with Crippen molar-refractivity contribution in [3.63, 3.8) is 0 Å². The molecular formula is C16H14N4O.